The molecule has 110 valence electrons. The van der Waals surface area contributed by atoms with Gasteiger partial charge in [-0.05, 0) is 37.3 Å². The molecule has 1 aromatic heterocycles. The van der Waals surface area contributed by atoms with Crippen LogP contribution in [0.3, 0.4) is 0 Å². The number of hydrogen-bond donors (Lipinski definition) is 1. The molecule has 21 heavy (non-hydrogen) atoms. The molecule has 0 bridgehead atoms. The molecule has 1 N–H and O–H groups in total. The molecule has 0 aliphatic heterocycles. The normalized spacial score (nSPS) is 16.4. The minimum atomic E-state index is -0.385. The lowest BCUT2D eigenvalue weighted by atomic mass is 9.84. The first-order chi connectivity index (χ1) is 10.1. The van der Waals surface area contributed by atoms with E-state index in [-0.39, 0.29) is 10.6 Å². The molecule has 0 radical (unpaired) electrons. The molecular weight excluding hydrogens is 286 g/mol. The smallest absolute Gasteiger partial charge is 0.270 e. The predicted octanol–water partition coefficient (Wildman–Crippen LogP) is 3.84. The molecule has 2 aromatic rings. The van der Waals surface area contributed by atoms with Gasteiger partial charge in [0.25, 0.3) is 5.69 Å². The molecule has 6 heteroatoms. The Morgan fingerprint density at radius 3 is 2.81 bits per heavy atom. The fourth-order valence-corrected chi connectivity index (χ4v) is 3.51. The average molecular weight is 303 g/mol. The molecule has 1 aromatic carbocycles. The number of pyridine rings is 1. The topological polar surface area (TPSA) is 68.1 Å². The Hall–Kier alpha value is -1.82. The van der Waals surface area contributed by atoms with Gasteiger partial charge in [-0.3, -0.25) is 10.1 Å². The Kier molecular flexibility index (Phi) is 3.71. The van der Waals surface area contributed by atoms with Gasteiger partial charge in [0.2, 0.25) is 0 Å². The van der Waals surface area contributed by atoms with Crippen LogP contribution in [0.1, 0.15) is 19.3 Å². The Morgan fingerprint density at radius 2 is 2.19 bits per heavy atom. The quantitative estimate of drug-likeness (QED) is 0.671. The van der Waals surface area contributed by atoms with Gasteiger partial charge >= 0.3 is 0 Å². The van der Waals surface area contributed by atoms with Crippen molar-refractivity contribution in [3.8, 4) is 0 Å². The van der Waals surface area contributed by atoms with E-state index in [1.807, 2.05) is 23.9 Å². The second-order valence-electron chi connectivity index (χ2n) is 5.42. The number of nitro groups is 1. The summed E-state index contributed by atoms with van der Waals surface area (Å²) in [5, 5.41) is 15.0. The molecule has 0 spiro atoms. The van der Waals surface area contributed by atoms with Crippen LogP contribution in [0.4, 0.5) is 11.5 Å². The second kappa shape index (κ2) is 5.52. The Bertz CT molecular complexity index is 680. The molecule has 1 saturated carbocycles. The Labute approximate surface area is 127 Å². The van der Waals surface area contributed by atoms with Crippen molar-refractivity contribution in [2.75, 3.05) is 18.1 Å². The summed E-state index contributed by atoms with van der Waals surface area (Å²) in [6, 6.07) is 8.52. The number of fused-ring (bicyclic) bond motifs is 1. The van der Waals surface area contributed by atoms with Gasteiger partial charge in [-0.15, -0.1) is 0 Å². The van der Waals surface area contributed by atoms with Crippen molar-refractivity contribution in [3.63, 3.8) is 0 Å². The maximum absolute atomic E-state index is 10.8. The van der Waals surface area contributed by atoms with Crippen molar-refractivity contribution in [1.29, 1.82) is 0 Å². The van der Waals surface area contributed by atoms with Gasteiger partial charge in [0.15, 0.2) is 0 Å². The van der Waals surface area contributed by atoms with Crippen LogP contribution in [0.25, 0.3) is 10.9 Å². The van der Waals surface area contributed by atoms with Crippen molar-refractivity contribution in [3.05, 3.63) is 40.4 Å². The van der Waals surface area contributed by atoms with Crippen LogP contribution in [0.15, 0.2) is 30.3 Å². The lowest BCUT2D eigenvalue weighted by Gasteiger charge is -2.40. The van der Waals surface area contributed by atoms with Gasteiger partial charge in [-0.25, -0.2) is 4.98 Å². The largest absolute Gasteiger partial charge is 0.369 e. The van der Waals surface area contributed by atoms with Gasteiger partial charge in [-0.1, -0.05) is 6.42 Å². The van der Waals surface area contributed by atoms with Gasteiger partial charge < -0.3 is 5.32 Å². The maximum atomic E-state index is 10.8. The predicted molar refractivity (Wildman–Crippen MR) is 87.0 cm³/mol. The van der Waals surface area contributed by atoms with E-state index in [0.717, 1.165) is 23.3 Å². The summed E-state index contributed by atoms with van der Waals surface area (Å²) >= 11 is 1.92. The van der Waals surface area contributed by atoms with E-state index in [2.05, 4.69) is 16.6 Å². The zero-order valence-electron chi connectivity index (χ0n) is 11.8. The first-order valence-corrected chi connectivity index (χ1v) is 8.19. The molecule has 1 heterocycles. The van der Waals surface area contributed by atoms with Crippen LogP contribution in [0.5, 0.6) is 0 Å². The third kappa shape index (κ3) is 2.81. The fourth-order valence-electron chi connectivity index (χ4n) is 2.60. The fraction of sp³-hybridized carbons (Fsp3) is 0.400. The van der Waals surface area contributed by atoms with Crippen LogP contribution in [0.2, 0.25) is 0 Å². The van der Waals surface area contributed by atoms with Crippen LogP contribution in [-0.4, -0.2) is 27.5 Å². The Balaban J connectivity index is 1.78. The molecule has 3 rings (SSSR count). The van der Waals surface area contributed by atoms with Gasteiger partial charge in [0.1, 0.15) is 5.82 Å². The SMILES string of the molecule is CSC1(CNc2ccc3cc([N+](=O)[O-])ccc3n2)CCC1. The first-order valence-electron chi connectivity index (χ1n) is 6.96. The van der Waals surface area contributed by atoms with Crippen LogP contribution >= 0.6 is 11.8 Å². The molecule has 0 atom stereocenters. The van der Waals surface area contributed by atoms with E-state index in [1.165, 1.54) is 25.3 Å². The van der Waals surface area contributed by atoms with Crippen molar-refractivity contribution < 1.29 is 4.92 Å². The lowest BCUT2D eigenvalue weighted by Crippen LogP contribution is -2.40. The lowest BCUT2D eigenvalue weighted by molar-refractivity contribution is -0.384. The number of thioether (sulfide) groups is 1. The summed E-state index contributed by atoms with van der Waals surface area (Å²) in [6.07, 6.45) is 5.97. The van der Waals surface area contributed by atoms with Crippen molar-refractivity contribution >= 4 is 34.2 Å². The van der Waals surface area contributed by atoms with Gasteiger partial charge in [0.05, 0.1) is 10.4 Å². The summed E-state index contributed by atoms with van der Waals surface area (Å²) in [5.74, 6) is 0.830. The monoisotopic (exact) mass is 303 g/mol. The third-order valence-electron chi connectivity index (χ3n) is 4.17. The van der Waals surface area contributed by atoms with E-state index >= 15 is 0 Å². The summed E-state index contributed by atoms with van der Waals surface area (Å²) in [5.41, 5.74) is 0.873. The highest BCUT2D eigenvalue weighted by Crippen LogP contribution is 2.42. The number of non-ortho nitro benzene ring substituents is 1. The summed E-state index contributed by atoms with van der Waals surface area (Å²) < 4.78 is 0.353. The second-order valence-corrected chi connectivity index (χ2v) is 6.70. The van der Waals surface area contributed by atoms with Crippen LogP contribution in [0, 0.1) is 10.1 Å². The van der Waals surface area contributed by atoms with Crippen molar-refractivity contribution in [2.24, 2.45) is 0 Å². The molecule has 0 amide bonds. The zero-order valence-corrected chi connectivity index (χ0v) is 12.7. The highest BCUT2D eigenvalue weighted by molar-refractivity contribution is 8.00. The summed E-state index contributed by atoms with van der Waals surface area (Å²) in [6.45, 7) is 0.916. The van der Waals surface area contributed by atoms with E-state index in [4.69, 9.17) is 0 Å². The first kappa shape index (κ1) is 14.1. The van der Waals surface area contributed by atoms with E-state index in [0.29, 0.717) is 4.75 Å². The standard InChI is InChI=1S/C15H17N3O2S/c1-21-15(7-2-8-15)10-16-14-6-3-11-9-12(18(19)20)4-5-13(11)17-14/h3-6,9H,2,7-8,10H2,1H3,(H,16,17). The number of aromatic nitrogens is 1. The summed E-state index contributed by atoms with van der Waals surface area (Å²) in [4.78, 5) is 14.9. The van der Waals surface area contributed by atoms with Crippen molar-refractivity contribution in [2.45, 2.75) is 24.0 Å². The number of nitrogens with zero attached hydrogens (tertiary/aromatic N) is 2. The minimum absolute atomic E-state index is 0.0980. The molecular formula is C15H17N3O2S. The summed E-state index contributed by atoms with van der Waals surface area (Å²) in [7, 11) is 0. The zero-order chi connectivity index (χ0) is 14.9. The minimum Gasteiger partial charge on any atom is -0.369 e. The van der Waals surface area contributed by atoms with E-state index in [9.17, 15) is 10.1 Å². The maximum Gasteiger partial charge on any atom is 0.270 e. The molecule has 1 fully saturated rings. The number of nitro benzene ring substituents is 1. The van der Waals surface area contributed by atoms with Gasteiger partial charge in [-0.2, -0.15) is 11.8 Å². The molecule has 1 aliphatic carbocycles. The third-order valence-corrected chi connectivity index (χ3v) is 5.59. The van der Waals surface area contributed by atoms with Crippen LogP contribution in [-0.2, 0) is 0 Å². The van der Waals surface area contributed by atoms with E-state index < -0.39 is 0 Å². The average Bonchev–Trinajstić information content (AvgIpc) is 2.46. The molecule has 0 saturated heterocycles. The highest BCUT2D eigenvalue weighted by Gasteiger charge is 2.35. The highest BCUT2D eigenvalue weighted by atomic mass is 32.2. The van der Waals surface area contributed by atoms with Crippen LogP contribution < -0.4 is 5.32 Å². The Morgan fingerprint density at radius 1 is 1.38 bits per heavy atom. The molecule has 1 aliphatic rings. The number of benzene rings is 1. The number of rotatable bonds is 5. The number of nitrogens with one attached hydrogen (secondary N) is 1. The molecule has 5 nitrogen and oxygen atoms in total. The molecule has 0 unspecified atom stereocenters. The van der Waals surface area contributed by atoms with Crippen molar-refractivity contribution in [1.82, 2.24) is 4.98 Å². The number of anilines is 1. The van der Waals surface area contributed by atoms with E-state index in [1.54, 1.807) is 12.1 Å². The number of hydrogen-bond acceptors (Lipinski definition) is 5. The van der Waals surface area contributed by atoms with Gasteiger partial charge in [0, 0.05) is 28.8 Å².